The van der Waals surface area contributed by atoms with E-state index in [4.69, 9.17) is 9.84 Å². The van der Waals surface area contributed by atoms with Crippen molar-refractivity contribution in [2.45, 2.75) is 12.8 Å². The standard InChI is InChI=1S/C5H8O2.CH4O/c6-5-1-3-7-4-2-5;1-2/h1-4H2;2H,1H3. The molecule has 3 heteroatoms. The van der Waals surface area contributed by atoms with Crippen LogP contribution in [0.4, 0.5) is 0 Å². The monoisotopic (exact) mass is 132 g/mol. The van der Waals surface area contributed by atoms with Crippen molar-refractivity contribution >= 4 is 5.78 Å². The van der Waals surface area contributed by atoms with Crippen LogP contribution in [-0.2, 0) is 9.53 Å². The van der Waals surface area contributed by atoms with Crippen molar-refractivity contribution in [3.05, 3.63) is 0 Å². The highest BCUT2D eigenvalue weighted by Gasteiger charge is 2.06. The second kappa shape index (κ2) is 5.72. The molecular formula is C6H12O3. The highest BCUT2D eigenvalue weighted by molar-refractivity contribution is 5.78. The number of carbonyl (C=O) groups excluding carboxylic acids is 1. The first-order valence-corrected chi connectivity index (χ1v) is 2.94. The van der Waals surface area contributed by atoms with Gasteiger partial charge in [-0.15, -0.1) is 0 Å². The lowest BCUT2D eigenvalue weighted by Crippen LogP contribution is -2.14. The predicted molar refractivity (Wildman–Crippen MR) is 33.2 cm³/mol. The van der Waals surface area contributed by atoms with Gasteiger partial charge in [0.05, 0.1) is 13.2 Å². The van der Waals surface area contributed by atoms with E-state index in [2.05, 4.69) is 0 Å². The van der Waals surface area contributed by atoms with Crippen LogP contribution in [-0.4, -0.2) is 31.2 Å². The molecule has 1 fully saturated rings. The number of rotatable bonds is 0. The molecule has 0 spiro atoms. The van der Waals surface area contributed by atoms with Gasteiger partial charge < -0.3 is 9.84 Å². The zero-order valence-corrected chi connectivity index (χ0v) is 5.59. The van der Waals surface area contributed by atoms with Crippen molar-refractivity contribution in [2.75, 3.05) is 20.3 Å². The molecule has 1 saturated heterocycles. The Balaban J connectivity index is 0.000000291. The van der Waals surface area contributed by atoms with Gasteiger partial charge in [0.25, 0.3) is 0 Å². The summed E-state index contributed by atoms with van der Waals surface area (Å²) >= 11 is 0. The van der Waals surface area contributed by atoms with Crippen molar-refractivity contribution in [2.24, 2.45) is 0 Å². The summed E-state index contributed by atoms with van der Waals surface area (Å²) in [4.78, 5) is 10.4. The Morgan fingerprint density at radius 1 is 1.33 bits per heavy atom. The van der Waals surface area contributed by atoms with E-state index in [-0.39, 0.29) is 0 Å². The minimum Gasteiger partial charge on any atom is -0.400 e. The Hall–Kier alpha value is -0.410. The van der Waals surface area contributed by atoms with Crippen molar-refractivity contribution in [3.63, 3.8) is 0 Å². The van der Waals surface area contributed by atoms with Gasteiger partial charge in [0, 0.05) is 20.0 Å². The minimum absolute atomic E-state index is 0.339. The lowest BCUT2D eigenvalue weighted by Gasteiger charge is -2.07. The number of Topliss-reactive ketones (excluding diaryl/α,β-unsaturated/α-hetero) is 1. The zero-order valence-electron chi connectivity index (χ0n) is 5.59. The third kappa shape index (κ3) is 4.12. The number of hydrogen-bond acceptors (Lipinski definition) is 3. The molecule has 0 aromatic rings. The summed E-state index contributed by atoms with van der Waals surface area (Å²) in [6.07, 6.45) is 1.25. The highest BCUT2D eigenvalue weighted by Crippen LogP contribution is 1.98. The Bertz CT molecular complexity index is 72.4. The van der Waals surface area contributed by atoms with Gasteiger partial charge in [-0.2, -0.15) is 0 Å². The lowest BCUT2D eigenvalue weighted by molar-refractivity contribution is -0.124. The molecule has 1 rings (SSSR count). The third-order valence-corrected chi connectivity index (χ3v) is 1.05. The quantitative estimate of drug-likeness (QED) is 0.503. The van der Waals surface area contributed by atoms with E-state index in [9.17, 15) is 4.79 Å². The molecule has 0 amide bonds. The molecule has 3 nitrogen and oxygen atoms in total. The van der Waals surface area contributed by atoms with Crippen LogP contribution in [0, 0.1) is 0 Å². The average molecular weight is 132 g/mol. The van der Waals surface area contributed by atoms with Crippen LogP contribution in [0.5, 0.6) is 0 Å². The molecule has 1 aliphatic heterocycles. The SMILES string of the molecule is CO.O=C1CCOCC1. The van der Waals surface area contributed by atoms with Crippen LogP contribution in [0.15, 0.2) is 0 Å². The largest absolute Gasteiger partial charge is 0.400 e. The number of aliphatic hydroxyl groups excluding tert-OH is 1. The predicted octanol–water partition coefficient (Wildman–Crippen LogP) is -0.0256. The van der Waals surface area contributed by atoms with Crippen LogP contribution < -0.4 is 0 Å². The Labute approximate surface area is 54.6 Å². The number of hydrogen-bond donors (Lipinski definition) is 1. The Kier molecular flexibility index (Phi) is 5.46. The molecule has 0 aromatic carbocycles. The molecule has 0 radical (unpaired) electrons. The average Bonchev–Trinajstić information content (AvgIpc) is 1.94. The van der Waals surface area contributed by atoms with Gasteiger partial charge in [0.15, 0.2) is 0 Å². The summed E-state index contributed by atoms with van der Waals surface area (Å²) in [5.74, 6) is 0.339. The minimum atomic E-state index is 0.339. The Morgan fingerprint density at radius 2 is 1.78 bits per heavy atom. The van der Waals surface area contributed by atoms with Gasteiger partial charge in [-0.3, -0.25) is 4.79 Å². The first kappa shape index (κ1) is 8.59. The summed E-state index contributed by atoms with van der Waals surface area (Å²) in [5, 5.41) is 7.00. The molecule has 0 atom stereocenters. The summed E-state index contributed by atoms with van der Waals surface area (Å²) in [6, 6.07) is 0. The first-order valence-electron chi connectivity index (χ1n) is 2.94. The zero-order chi connectivity index (χ0) is 7.11. The first-order chi connectivity index (χ1) is 4.39. The van der Waals surface area contributed by atoms with Gasteiger partial charge in [0.1, 0.15) is 5.78 Å². The number of carbonyl (C=O) groups is 1. The number of aliphatic hydroxyl groups is 1. The molecule has 0 aliphatic carbocycles. The van der Waals surface area contributed by atoms with Gasteiger partial charge >= 0.3 is 0 Å². The fourth-order valence-corrected chi connectivity index (χ4v) is 0.599. The molecule has 1 heterocycles. The van der Waals surface area contributed by atoms with Gasteiger partial charge in [-0.1, -0.05) is 0 Å². The van der Waals surface area contributed by atoms with Gasteiger partial charge in [-0.25, -0.2) is 0 Å². The van der Waals surface area contributed by atoms with E-state index in [0.717, 1.165) is 7.11 Å². The van der Waals surface area contributed by atoms with Crippen molar-refractivity contribution in [3.8, 4) is 0 Å². The molecule has 1 aliphatic rings. The van der Waals surface area contributed by atoms with E-state index in [1.165, 1.54) is 0 Å². The molecule has 9 heavy (non-hydrogen) atoms. The number of ether oxygens (including phenoxy) is 1. The maximum atomic E-state index is 10.4. The van der Waals surface area contributed by atoms with Crippen molar-refractivity contribution < 1.29 is 14.6 Å². The van der Waals surface area contributed by atoms with Gasteiger partial charge in [-0.05, 0) is 0 Å². The van der Waals surface area contributed by atoms with E-state index >= 15 is 0 Å². The summed E-state index contributed by atoms with van der Waals surface area (Å²) in [5.41, 5.74) is 0. The maximum absolute atomic E-state index is 10.4. The normalized spacial score (nSPS) is 18.2. The summed E-state index contributed by atoms with van der Waals surface area (Å²) in [7, 11) is 1.00. The number of ketones is 1. The molecule has 0 unspecified atom stereocenters. The van der Waals surface area contributed by atoms with Crippen molar-refractivity contribution in [1.29, 1.82) is 0 Å². The van der Waals surface area contributed by atoms with Crippen LogP contribution >= 0.6 is 0 Å². The van der Waals surface area contributed by atoms with Crippen LogP contribution in [0.1, 0.15) is 12.8 Å². The van der Waals surface area contributed by atoms with E-state index in [1.807, 2.05) is 0 Å². The topological polar surface area (TPSA) is 46.5 Å². The van der Waals surface area contributed by atoms with Crippen LogP contribution in [0.3, 0.4) is 0 Å². The van der Waals surface area contributed by atoms with Gasteiger partial charge in [0.2, 0.25) is 0 Å². The second-order valence-corrected chi connectivity index (χ2v) is 1.65. The second-order valence-electron chi connectivity index (χ2n) is 1.65. The van der Waals surface area contributed by atoms with Crippen LogP contribution in [0.25, 0.3) is 0 Å². The molecular weight excluding hydrogens is 120 g/mol. The smallest absolute Gasteiger partial charge is 0.137 e. The fourth-order valence-electron chi connectivity index (χ4n) is 0.599. The molecule has 54 valence electrons. The molecule has 1 N–H and O–H groups in total. The highest BCUT2D eigenvalue weighted by atomic mass is 16.5. The van der Waals surface area contributed by atoms with E-state index < -0.39 is 0 Å². The summed E-state index contributed by atoms with van der Waals surface area (Å²) in [6.45, 7) is 1.28. The van der Waals surface area contributed by atoms with E-state index in [1.54, 1.807) is 0 Å². The van der Waals surface area contributed by atoms with Crippen LogP contribution in [0.2, 0.25) is 0 Å². The lowest BCUT2D eigenvalue weighted by atomic mass is 10.2. The molecule has 0 saturated carbocycles. The molecule has 0 aromatic heterocycles. The molecule has 0 bridgehead atoms. The summed E-state index contributed by atoms with van der Waals surface area (Å²) < 4.78 is 4.92. The van der Waals surface area contributed by atoms with Crippen molar-refractivity contribution in [1.82, 2.24) is 0 Å². The fraction of sp³-hybridized carbons (Fsp3) is 0.833. The maximum Gasteiger partial charge on any atom is 0.137 e. The third-order valence-electron chi connectivity index (χ3n) is 1.05. The Morgan fingerprint density at radius 3 is 2.00 bits per heavy atom. The van der Waals surface area contributed by atoms with E-state index in [0.29, 0.717) is 31.8 Å².